The van der Waals surface area contributed by atoms with Crippen molar-refractivity contribution in [2.24, 2.45) is 0 Å². The maximum atomic E-state index is 2.37. The maximum Gasteiger partial charge on any atom is -0.00297 e. The Morgan fingerprint density at radius 3 is 1.77 bits per heavy atom. The third kappa shape index (κ3) is 3.92. The van der Waals surface area contributed by atoms with Gasteiger partial charge in [-0.1, -0.05) is 146 Å². The van der Waals surface area contributed by atoms with Gasteiger partial charge >= 0.3 is 0 Å². The zero-order valence-electron chi connectivity index (χ0n) is 24.4. The van der Waals surface area contributed by atoms with E-state index in [0.29, 0.717) is 0 Å². The molecule has 9 rings (SSSR count). The molecule has 1 aliphatic carbocycles. The first kappa shape index (κ1) is 25.1. The average molecular weight is 559 g/mol. The summed E-state index contributed by atoms with van der Waals surface area (Å²) in [5, 5.41) is 10.4. The minimum Gasteiger partial charge on any atom is -0.0836 e. The van der Waals surface area contributed by atoms with Gasteiger partial charge in [0.2, 0.25) is 0 Å². The molecule has 0 N–H and O–H groups in total. The van der Waals surface area contributed by atoms with E-state index in [9.17, 15) is 0 Å². The number of fused-ring (bicyclic) bond motifs is 6. The third-order valence-corrected chi connectivity index (χ3v) is 9.50. The molecule has 0 bridgehead atoms. The molecule has 0 nitrogen and oxygen atoms in total. The first-order valence-electron chi connectivity index (χ1n) is 15.6. The molecule has 0 heterocycles. The summed E-state index contributed by atoms with van der Waals surface area (Å²) in [4.78, 5) is 0. The zero-order chi connectivity index (χ0) is 29.0. The van der Waals surface area contributed by atoms with Gasteiger partial charge in [0, 0.05) is 0 Å². The number of hydrogen-bond acceptors (Lipinski definition) is 0. The summed E-state index contributed by atoms with van der Waals surface area (Å²) in [5.74, 6) is 0. The van der Waals surface area contributed by atoms with Gasteiger partial charge in [-0.05, 0) is 113 Å². The summed E-state index contributed by atoms with van der Waals surface area (Å²) in [6.45, 7) is 0. The van der Waals surface area contributed by atoms with Crippen molar-refractivity contribution < 1.29 is 0 Å². The predicted octanol–water partition coefficient (Wildman–Crippen LogP) is 12.3. The summed E-state index contributed by atoms with van der Waals surface area (Å²) in [5.41, 5.74) is 10.6. The highest BCUT2D eigenvalue weighted by atomic mass is 14.2. The highest BCUT2D eigenvalue weighted by Crippen LogP contribution is 2.45. The van der Waals surface area contributed by atoms with Crippen LogP contribution in [-0.4, -0.2) is 0 Å². The average Bonchev–Trinajstić information content (AvgIpc) is 3.10. The van der Waals surface area contributed by atoms with Gasteiger partial charge < -0.3 is 0 Å². The largest absolute Gasteiger partial charge is 0.0836 e. The predicted molar refractivity (Wildman–Crippen MR) is 190 cm³/mol. The monoisotopic (exact) mass is 558 g/mol. The van der Waals surface area contributed by atoms with Crippen LogP contribution in [0.5, 0.6) is 0 Å². The highest BCUT2D eigenvalue weighted by molar-refractivity contribution is 6.14. The van der Waals surface area contributed by atoms with Crippen LogP contribution < -0.4 is 0 Å². The van der Waals surface area contributed by atoms with Crippen LogP contribution in [-0.2, 0) is 6.42 Å². The van der Waals surface area contributed by atoms with Crippen LogP contribution in [0.15, 0.2) is 152 Å². The van der Waals surface area contributed by atoms with E-state index >= 15 is 0 Å². The summed E-state index contributed by atoms with van der Waals surface area (Å²) in [7, 11) is 0. The molecule has 44 heavy (non-hydrogen) atoms. The fourth-order valence-electron chi connectivity index (χ4n) is 7.48. The maximum absolute atomic E-state index is 2.37. The van der Waals surface area contributed by atoms with E-state index in [1.807, 2.05) is 0 Å². The number of allylic oxidation sites excluding steroid dienone is 1. The van der Waals surface area contributed by atoms with E-state index in [4.69, 9.17) is 0 Å². The molecule has 0 heteroatoms. The van der Waals surface area contributed by atoms with Crippen molar-refractivity contribution in [3.8, 4) is 33.4 Å². The molecule has 206 valence electrons. The molecule has 0 radical (unpaired) electrons. The Morgan fingerprint density at radius 2 is 0.977 bits per heavy atom. The van der Waals surface area contributed by atoms with Gasteiger partial charge in [-0.3, -0.25) is 0 Å². The van der Waals surface area contributed by atoms with Gasteiger partial charge in [-0.25, -0.2) is 0 Å². The van der Waals surface area contributed by atoms with Crippen LogP contribution >= 0.6 is 0 Å². The normalized spacial score (nSPS) is 12.7. The van der Waals surface area contributed by atoms with Gasteiger partial charge in [0.15, 0.2) is 0 Å². The lowest BCUT2D eigenvalue weighted by atomic mass is 9.80. The van der Waals surface area contributed by atoms with Crippen molar-refractivity contribution in [3.63, 3.8) is 0 Å². The molecular formula is C44H30. The molecule has 0 fully saturated rings. The number of hydrogen-bond donors (Lipinski definition) is 0. The fraction of sp³-hybridized carbons (Fsp3) is 0.0455. The van der Waals surface area contributed by atoms with Crippen molar-refractivity contribution in [2.45, 2.75) is 12.8 Å². The Morgan fingerprint density at radius 1 is 0.386 bits per heavy atom. The fourth-order valence-corrected chi connectivity index (χ4v) is 7.48. The smallest absolute Gasteiger partial charge is 0.00297 e. The molecule has 0 saturated carbocycles. The van der Waals surface area contributed by atoms with Gasteiger partial charge in [-0.15, -0.1) is 0 Å². The Balaban J connectivity index is 1.25. The standard InChI is InChI=1S/C44H30/c1-2-12-32-27-34(26-21-29(32)11-1)44-40-19-9-7-17-38(40)43(39-18-8-10-20-41(39)44)31-24-22-30(23-25-31)42-28-33-13-3-4-14-35(33)36-15-5-6-16-37(36)42/h1-9,11-19,21-28H,10,20H2. The number of benzene rings is 8. The van der Waals surface area contributed by atoms with E-state index < -0.39 is 0 Å². The lowest BCUT2D eigenvalue weighted by molar-refractivity contribution is 0.991. The van der Waals surface area contributed by atoms with Gasteiger partial charge in [0.25, 0.3) is 0 Å². The topological polar surface area (TPSA) is 0 Å². The van der Waals surface area contributed by atoms with E-state index in [2.05, 4.69) is 158 Å². The second-order valence-corrected chi connectivity index (χ2v) is 12.0. The second kappa shape index (κ2) is 10.1. The Bertz CT molecular complexity index is 2420. The Labute approximate surface area is 257 Å². The van der Waals surface area contributed by atoms with E-state index in [1.165, 1.54) is 87.6 Å². The van der Waals surface area contributed by atoms with E-state index in [0.717, 1.165) is 12.8 Å². The molecular weight excluding hydrogens is 528 g/mol. The molecule has 0 aliphatic heterocycles. The van der Waals surface area contributed by atoms with Crippen LogP contribution in [0.3, 0.4) is 0 Å². The van der Waals surface area contributed by atoms with Gasteiger partial charge in [-0.2, -0.15) is 0 Å². The first-order chi connectivity index (χ1) is 21.8. The molecule has 0 aromatic heterocycles. The lowest BCUT2D eigenvalue weighted by Gasteiger charge is -2.24. The number of rotatable bonds is 3. The first-order valence-corrected chi connectivity index (χ1v) is 15.6. The van der Waals surface area contributed by atoms with E-state index in [1.54, 1.807) is 0 Å². The minimum atomic E-state index is 1.05. The van der Waals surface area contributed by atoms with Crippen LogP contribution in [0.1, 0.15) is 17.5 Å². The van der Waals surface area contributed by atoms with Crippen molar-refractivity contribution >= 4 is 49.2 Å². The van der Waals surface area contributed by atoms with Gasteiger partial charge in [0.05, 0.1) is 0 Å². The molecule has 8 aromatic carbocycles. The summed E-state index contributed by atoms with van der Waals surface area (Å²) >= 11 is 0. The lowest BCUT2D eigenvalue weighted by Crippen LogP contribution is -2.02. The SMILES string of the molecule is C1=Cc2c(c(-c3ccc4ccccc4c3)c3ccccc3c2-c2ccc(-c3cc4ccccc4c4ccccc34)cc2)CC1. The quantitative estimate of drug-likeness (QED) is 0.189. The van der Waals surface area contributed by atoms with E-state index in [-0.39, 0.29) is 0 Å². The van der Waals surface area contributed by atoms with Crippen molar-refractivity contribution in [1.29, 1.82) is 0 Å². The molecule has 0 spiro atoms. The molecule has 8 aromatic rings. The van der Waals surface area contributed by atoms with Crippen molar-refractivity contribution in [1.82, 2.24) is 0 Å². The molecule has 1 aliphatic rings. The van der Waals surface area contributed by atoms with Crippen LogP contribution in [0.2, 0.25) is 0 Å². The summed E-state index contributed by atoms with van der Waals surface area (Å²) in [6, 6.07) is 53.8. The van der Waals surface area contributed by atoms with Crippen LogP contribution in [0.25, 0.3) is 82.5 Å². The summed E-state index contributed by atoms with van der Waals surface area (Å²) in [6.07, 6.45) is 6.84. The van der Waals surface area contributed by atoms with Crippen LogP contribution in [0.4, 0.5) is 0 Å². The molecule has 0 unspecified atom stereocenters. The zero-order valence-corrected chi connectivity index (χ0v) is 24.4. The van der Waals surface area contributed by atoms with Crippen molar-refractivity contribution in [3.05, 3.63) is 163 Å². The molecule has 0 amide bonds. The van der Waals surface area contributed by atoms with Crippen LogP contribution in [0, 0.1) is 0 Å². The minimum absolute atomic E-state index is 1.05. The Hall–Kier alpha value is -5.46. The third-order valence-electron chi connectivity index (χ3n) is 9.50. The highest BCUT2D eigenvalue weighted by Gasteiger charge is 2.22. The second-order valence-electron chi connectivity index (χ2n) is 12.0. The Kier molecular flexibility index (Phi) is 5.74. The summed E-state index contributed by atoms with van der Waals surface area (Å²) < 4.78 is 0. The molecule has 0 saturated heterocycles. The van der Waals surface area contributed by atoms with Crippen molar-refractivity contribution in [2.75, 3.05) is 0 Å². The molecule has 0 atom stereocenters. The van der Waals surface area contributed by atoms with Gasteiger partial charge in [0.1, 0.15) is 0 Å².